The predicted octanol–water partition coefficient (Wildman–Crippen LogP) is 3.42. The first-order chi connectivity index (χ1) is 10.2. The van der Waals surface area contributed by atoms with Crippen LogP contribution in [0.1, 0.15) is 44.0 Å². The van der Waals surface area contributed by atoms with Gasteiger partial charge in [-0.1, -0.05) is 26.0 Å². The molecule has 0 aliphatic carbocycles. The van der Waals surface area contributed by atoms with Crippen LogP contribution in [0.3, 0.4) is 0 Å². The Hall–Kier alpha value is -1.88. The largest absolute Gasteiger partial charge is 0.484 e. The molecule has 1 aromatic heterocycles. The first-order valence-electron chi connectivity index (χ1n) is 7.33. The second-order valence-electron chi connectivity index (χ2n) is 4.98. The number of para-hydroxylation sites is 1. The summed E-state index contributed by atoms with van der Waals surface area (Å²) >= 11 is 0. The van der Waals surface area contributed by atoms with Gasteiger partial charge in [-0.15, -0.1) is 0 Å². The van der Waals surface area contributed by atoms with E-state index in [1.165, 1.54) is 6.07 Å². The van der Waals surface area contributed by atoms with Crippen LogP contribution >= 0.6 is 0 Å². The van der Waals surface area contributed by atoms with Crippen molar-refractivity contribution >= 4 is 0 Å². The Morgan fingerprint density at radius 2 is 2.05 bits per heavy atom. The van der Waals surface area contributed by atoms with E-state index in [9.17, 15) is 4.39 Å². The molecule has 0 aliphatic rings. The number of halogens is 1. The Bertz CT molecular complexity index is 579. The molecule has 0 fully saturated rings. The molecule has 0 unspecified atom stereocenters. The lowest BCUT2D eigenvalue weighted by molar-refractivity contribution is 0.279. The van der Waals surface area contributed by atoms with Crippen LogP contribution in [0.15, 0.2) is 30.5 Å². The zero-order valence-electron chi connectivity index (χ0n) is 12.6. The zero-order chi connectivity index (χ0) is 15.2. The number of nitrogens with two attached hydrogens (primary N) is 1. The summed E-state index contributed by atoms with van der Waals surface area (Å²) < 4.78 is 21.3. The molecule has 1 aromatic carbocycles. The maximum atomic E-state index is 13.8. The van der Waals surface area contributed by atoms with E-state index < -0.39 is 5.82 Å². The van der Waals surface area contributed by atoms with Crippen LogP contribution in [0.25, 0.3) is 0 Å². The highest BCUT2D eigenvalue weighted by atomic mass is 19.1. The predicted molar refractivity (Wildman–Crippen MR) is 80.5 cm³/mol. The number of nitrogens with zero attached hydrogens (tertiary/aromatic N) is 2. The summed E-state index contributed by atoms with van der Waals surface area (Å²) in [5.74, 6) is -0.172. The number of ether oxygens (including phenoxy) is 1. The van der Waals surface area contributed by atoms with Gasteiger partial charge in [-0.3, -0.25) is 4.68 Å². The molecule has 0 amide bonds. The molecule has 2 N–H and O–H groups in total. The third-order valence-corrected chi connectivity index (χ3v) is 3.61. The van der Waals surface area contributed by atoms with Gasteiger partial charge in [-0.2, -0.15) is 5.10 Å². The van der Waals surface area contributed by atoms with Crippen LogP contribution in [-0.2, 0) is 13.2 Å². The summed E-state index contributed by atoms with van der Waals surface area (Å²) in [6.45, 7) is 4.76. The first-order valence-corrected chi connectivity index (χ1v) is 7.33. The van der Waals surface area contributed by atoms with Crippen molar-refractivity contribution in [2.75, 3.05) is 0 Å². The van der Waals surface area contributed by atoms with Crippen LogP contribution in [0, 0.1) is 5.82 Å². The molecule has 114 valence electrons. The molecule has 0 saturated heterocycles. The average Bonchev–Trinajstić information content (AvgIpc) is 2.96. The molecular formula is C16H22FN3O. The Morgan fingerprint density at radius 1 is 1.29 bits per heavy atom. The summed E-state index contributed by atoms with van der Waals surface area (Å²) in [6.07, 6.45) is 4.01. The second kappa shape index (κ2) is 7.22. The summed E-state index contributed by atoms with van der Waals surface area (Å²) in [5.41, 5.74) is 7.05. The van der Waals surface area contributed by atoms with Crippen LogP contribution in [0.2, 0.25) is 0 Å². The van der Waals surface area contributed by atoms with E-state index in [4.69, 9.17) is 10.5 Å². The van der Waals surface area contributed by atoms with Gasteiger partial charge in [0.05, 0.1) is 11.7 Å². The maximum absolute atomic E-state index is 13.8. The van der Waals surface area contributed by atoms with Gasteiger partial charge in [0, 0.05) is 18.3 Å². The van der Waals surface area contributed by atoms with Crippen molar-refractivity contribution in [1.29, 1.82) is 0 Å². The van der Waals surface area contributed by atoms with Crippen LogP contribution < -0.4 is 10.5 Å². The normalized spacial score (nSPS) is 11.1. The third kappa shape index (κ3) is 3.61. The van der Waals surface area contributed by atoms with Gasteiger partial charge in [-0.25, -0.2) is 4.39 Å². The van der Waals surface area contributed by atoms with Crippen molar-refractivity contribution in [3.05, 3.63) is 47.5 Å². The lowest BCUT2D eigenvalue weighted by Crippen LogP contribution is -2.09. The molecule has 0 radical (unpaired) electrons. The molecular weight excluding hydrogens is 269 g/mol. The molecule has 4 nitrogen and oxygen atoms in total. The van der Waals surface area contributed by atoms with Crippen LogP contribution in [0.5, 0.6) is 5.75 Å². The first kappa shape index (κ1) is 15.5. The van der Waals surface area contributed by atoms with Gasteiger partial charge < -0.3 is 10.5 Å². The third-order valence-electron chi connectivity index (χ3n) is 3.61. The van der Waals surface area contributed by atoms with Crippen LogP contribution in [0.4, 0.5) is 4.39 Å². The number of benzene rings is 1. The highest BCUT2D eigenvalue weighted by Crippen LogP contribution is 2.23. The molecule has 21 heavy (non-hydrogen) atoms. The SMILES string of the molecule is CCC(CC)n1ccc(COc2c(F)cccc2CN)n1. The lowest BCUT2D eigenvalue weighted by atomic mass is 10.2. The van der Waals surface area contributed by atoms with E-state index in [-0.39, 0.29) is 18.9 Å². The number of hydrogen-bond acceptors (Lipinski definition) is 3. The average molecular weight is 291 g/mol. The van der Waals surface area contributed by atoms with E-state index in [1.807, 2.05) is 16.9 Å². The standard InChI is InChI=1S/C16H22FN3O/c1-3-14(4-2)20-9-8-13(19-20)11-21-16-12(10-18)6-5-7-15(16)17/h5-9,14H,3-4,10-11,18H2,1-2H3. The van der Waals surface area contributed by atoms with Crippen molar-refractivity contribution in [3.63, 3.8) is 0 Å². The topological polar surface area (TPSA) is 53.1 Å². The molecule has 2 rings (SSSR count). The monoisotopic (exact) mass is 291 g/mol. The summed E-state index contributed by atoms with van der Waals surface area (Å²) in [4.78, 5) is 0. The molecule has 2 aromatic rings. The molecule has 0 aliphatic heterocycles. The molecule has 0 saturated carbocycles. The second-order valence-corrected chi connectivity index (χ2v) is 4.98. The van der Waals surface area contributed by atoms with Crippen molar-refractivity contribution in [1.82, 2.24) is 9.78 Å². The summed E-state index contributed by atoms with van der Waals surface area (Å²) in [6, 6.07) is 7.07. The van der Waals surface area contributed by atoms with E-state index in [0.717, 1.165) is 18.5 Å². The summed E-state index contributed by atoms with van der Waals surface area (Å²) in [5, 5.41) is 4.49. The highest BCUT2D eigenvalue weighted by Gasteiger charge is 2.11. The van der Waals surface area contributed by atoms with Gasteiger partial charge in [0.15, 0.2) is 11.6 Å². The van der Waals surface area contributed by atoms with Gasteiger partial charge in [0.25, 0.3) is 0 Å². The lowest BCUT2D eigenvalue weighted by Gasteiger charge is -2.13. The van der Waals surface area contributed by atoms with Crippen molar-refractivity contribution < 1.29 is 9.13 Å². The quantitative estimate of drug-likeness (QED) is 0.850. The number of rotatable bonds is 7. The minimum absolute atomic E-state index is 0.220. The Kier molecular flexibility index (Phi) is 5.33. The van der Waals surface area contributed by atoms with Gasteiger partial charge in [0.2, 0.25) is 0 Å². The minimum atomic E-state index is -0.391. The van der Waals surface area contributed by atoms with Crippen molar-refractivity contribution in [3.8, 4) is 5.75 Å². The molecule has 5 heteroatoms. The summed E-state index contributed by atoms with van der Waals surface area (Å²) in [7, 11) is 0. The van der Waals surface area contributed by atoms with Crippen molar-refractivity contribution in [2.45, 2.75) is 45.9 Å². The maximum Gasteiger partial charge on any atom is 0.165 e. The Morgan fingerprint density at radius 3 is 2.71 bits per heavy atom. The Labute approximate surface area is 124 Å². The van der Waals surface area contributed by atoms with Crippen LogP contribution in [-0.4, -0.2) is 9.78 Å². The zero-order valence-corrected chi connectivity index (χ0v) is 12.6. The van der Waals surface area contributed by atoms with E-state index in [2.05, 4.69) is 18.9 Å². The molecule has 0 bridgehead atoms. The van der Waals surface area contributed by atoms with Gasteiger partial charge in [-0.05, 0) is 25.0 Å². The Balaban J connectivity index is 2.07. The van der Waals surface area contributed by atoms with E-state index in [1.54, 1.807) is 12.1 Å². The van der Waals surface area contributed by atoms with Gasteiger partial charge >= 0.3 is 0 Å². The fourth-order valence-corrected chi connectivity index (χ4v) is 2.34. The molecule has 0 spiro atoms. The minimum Gasteiger partial charge on any atom is -0.484 e. The number of hydrogen-bond donors (Lipinski definition) is 1. The highest BCUT2D eigenvalue weighted by molar-refractivity contribution is 5.34. The fraction of sp³-hybridized carbons (Fsp3) is 0.438. The van der Waals surface area contributed by atoms with Crippen molar-refractivity contribution in [2.24, 2.45) is 5.73 Å². The molecule has 1 heterocycles. The molecule has 0 atom stereocenters. The van der Waals surface area contributed by atoms with Gasteiger partial charge in [0.1, 0.15) is 6.61 Å². The fourth-order valence-electron chi connectivity index (χ4n) is 2.34. The van der Waals surface area contributed by atoms with E-state index >= 15 is 0 Å². The van der Waals surface area contributed by atoms with E-state index in [0.29, 0.717) is 11.6 Å². The number of aromatic nitrogens is 2. The smallest absolute Gasteiger partial charge is 0.165 e.